The second kappa shape index (κ2) is 8.99. The maximum atomic E-state index is 13.2. The molecule has 0 aromatic heterocycles. The minimum absolute atomic E-state index is 0.0246. The number of carbonyl (C=O) groups is 2. The van der Waals surface area contributed by atoms with Crippen molar-refractivity contribution in [2.75, 3.05) is 11.4 Å². The summed E-state index contributed by atoms with van der Waals surface area (Å²) in [4.78, 5) is 27.2. The number of hydrogen-bond donors (Lipinski definition) is 0. The summed E-state index contributed by atoms with van der Waals surface area (Å²) in [6.07, 6.45) is -0.759. The molecule has 0 spiro atoms. The lowest BCUT2D eigenvalue weighted by molar-refractivity contribution is -0.170. The molecule has 2 unspecified atom stereocenters. The number of piperidine rings is 1. The smallest absolute Gasteiger partial charge is 0.444 e. The van der Waals surface area contributed by atoms with Gasteiger partial charge in [-0.25, -0.2) is 4.79 Å². The molecular formula is C22H26F3IN2O3. The van der Waals surface area contributed by atoms with Crippen LogP contribution in [-0.4, -0.2) is 47.3 Å². The number of carbonyl (C=O) groups excluding carboxylic acids is 2. The predicted octanol–water partition coefficient (Wildman–Crippen LogP) is 5.67. The Kier molecular flexibility index (Phi) is 6.93. The molecule has 9 heteroatoms. The standard InChI is InChI=1S/C22H26F3IN2O3/c1-21(2,3)31-20(30)28-15-8-9-16(28)13-14(12-15)10-11-27(19(29)22(23,24)25)18-7-5-4-6-17(18)26/h4-7,10,15-16H,8-9,11-13H2,1-3H3. The lowest BCUT2D eigenvalue weighted by atomic mass is 9.96. The summed E-state index contributed by atoms with van der Waals surface area (Å²) in [5.41, 5.74) is 0.618. The van der Waals surface area contributed by atoms with Crippen LogP contribution in [0.15, 0.2) is 35.9 Å². The van der Waals surface area contributed by atoms with Crippen molar-refractivity contribution < 1.29 is 27.5 Å². The van der Waals surface area contributed by atoms with E-state index in [2.05, 4.69) is 0 Å². The summed E-state index contributed by atoms with van der Waals surface area (Å²) in [6.45, 7) is 5.29. The van der Waals surface area contributed by atoms with Gasteiger partial charge in [0, 0.05) is 22.2 Å². The third-order valence-electron chi connectivity index (χ3n) is 5.41. The van der Waals surface area contributed by atoms with Gasteiger partial charge in [0.1, 0.15) is 5.60 Å². The zero-order valence-electron chi connectivity index (χ0n) is 17.7. The van der Waals surface area contributed by atoms with E-state index >= 15 is 0 Å². The van der Waals surface area contributed by atoms with Crippen LogP contribution in [0.5, 0.6) is 0 Å². The molecule has 0 saturated carbocycles. The SMILES string of the molecule is CC(C)(C)OC(=O)N1C2CCC1CC(=CCN(C(=O)C(F)(F)F)c1ccccc1I)C2. The number of hydrogen-bond acceptors (Lipinski definition) is 3. The predicted molar refractivity (Wildman–Crippen MR) is 120 cm³/mol. The molecule has 0 radical (unpaired) electrons. The largest absolute Gasteiger partial charge is 0.471 e. The Morgan fingerprint density at radius 1 is 1.16 bits per heavy atom. The van der Waals surface area contributed by atoms with Gasteiger partial charge in [0.05, 0.1) is 5.69 Å². The average Bonchev–Trinajstić information content (AvgIpc) is 2.92. The molecule has 0 aliphatic carbocycles. The molecule has 31 heavy (non-hydrogen) atoms. The highest BCUT2D eigenvalue weighted by Crippen LogP contribution is 2.39. The molecule has 2 aliphatic rings. The molecule has 2 saturated heterocycles. The Morgan fingerprint density at radius 2 is 1.74 bits per heavy atom. The molecule has 170 valence electrons. The summed E-state index contributed by atoms with van der Waals surface area (Å²) in [6, 6.07) is 6.45. The fraction of sp³-hybridized carbons (Fsp3) is 0.545. The van der Waals surface area contributed by atoms with Crippen LogP contribution in [0.4, 0.5) is 23.7 Å². The second-order valence-electron chi connectivity index (χ2n) is 8.91. The maximum Gasteiger partial charge on any atom is 0.471 e. The van der Waals surface area contributed by atoms with Crippen molar-refractivity contribution in [2.45, 2.75) is 70.3 Å². The van der Waals surface area contributed by atoms with Crippen LogP contribution in [-0.2, 0) is 9.53 Å². The van der Waals surface area contributed by atoms with Crippen LogP contribution in [0.1, 0.15) is 46.5 Å². The number of halogens is 4. The van der Waals surface area contributed by atoms with Gasteiger partial charge in [-0.05, 0) is 81.2 Å². The molecule has 2 fully saturated rings. The van der Waals surface area contributed by atoms with Crippen LogP contribution in [0.3, 0.4) is 0 Å². The fourth-order valence-corrected chi connectivity index (χ4v) is 4.84. The zero-order chi connectivity index (χ0) is 23.0. The Morgan fingerprint density at radius 3 is 2.26 bits per heavy atom. The van der Waals surface area contributed by atoms with Crippen LogP contribution in [0.2, 0.25) is 0 Å². The van der Waals surface area contributed by atoms with Gasteiger partial charge in [-0.2, -0.15) is 13.2 Å². The highest BCUT2D eigenvalue weighted by molar-refractivity contribution is 14.1. The number of nitrogens with zero attached hydrogens (tertiary/aromatic N) is 2. The van der Waals surface area contributed by atoms with Crippen molar-refractivity contribution >= 4 is 40.3 Å². The summed E-state index contributed by atoms with van der Waals surface area (Å²) in [5.74, 6) is -1.89. The number of anilines is 1. The lowest BCUT2D eigenvalue weighted by Crippen LogP contribution is -2.47. The van der Waals surface area contributed by atoms with E-state index < -0.39 is 17.7 Å². The first kappa shape index (κ1) is 23.9. The van der Waals surface area contributed by atoms with Gasteiger partial charge in [-0.3, -0.25) is 9.69 Å². The van der Waals surface area contributed by atoms with Gasteiger partial charge >= 0.3 is 18.2 Å². The van der Waals surface area contributed by atoms with Gasteiger partial charge in [-0.1, -0.05) is 23.8 Å². The molecule has 2 aliphatic heterocycles. The number of rotatable bonds is 3. The maximum absolute atomic E-state index is 13.2. The molecule has 2 heterocycles. The van der Waals surface area contributed by atoms with E-state index in [4.69, 9.17) is 4.74 Å². The van der Waals surface area contributed by atoms with E-state index in [0.717, 1.165) is 23.3 Å². The number of alkyl halides is 3. The van der Waals surface area contributed by atoms with E-state index in [1.54, 1.807) is 29.2 Å². The molecule has 5 nitrogen and oxygen atoms in total. The van der Waals surface area contributed by atoms with E-state index in [1.165, 1.54) is 6.07 Å². The number of benzene rings is 1. The summed E-state index contributed by atoms with van der Waals surface area (Å²) in [5, 5.41) is 0. The Hall–Kier alpha value is -1.78. The first-order chi connectivity index (χ1) is 14.4. The fourth-order valence-electron chi connectivity index (χ4n) is 4.16. The Labute approximate surface area is 193 Å². The molecule has 2 amide bonds. The summed E-state index contributed by atoms with van der Waals surface area (Å²) in [7, 11) is 0. The quantitative estimate of drug-likeness (QED) is 0.360. The van der Waals surface area contributed by atoms with Crippen LogP contribution in [0, 0.1) is 3.57 Å². The molecule has 1 aromatic carbocycles. The minimum atomic E-state index is -4.96. The van der Waals surface area contributed by atoms with Crippen LogP contribution >= 0.6 is 22.6 Å². The molecule has 2 bridgehead atoms. The third kappa shape index (κ3) is 5.72. The van der Waals surface area contributed by atoms with E-state index in [9.17, 15) is 22.8 Å². The number of para-hydroxylation sites is 1. The van der Waals surface area contributed by atoms with E-state index in [0.29, 0.717) is 16.4 Å². The number of ether oxygens (including phenoxy) is 1. The molecule has 3 rings (SSSR count). The van der Waals surface area contributed by atoms with Crippen LogP contribution < -0.4 is 4.90 Å². The highest BCUT2D eigenvalue weighted by Gasteiger charge is 2.45. The van der Waals surface area contributed by atoms with E-state index in [1.807, 2.05) is 43.4 Å². The minimum Gasteiger partial charge on any atom is -0.444 e. The van der Waals surface area contributed by atoms with Crippen molar-refractivity contribution in [3.8, 4) is 0 Å². The number of amides is 2. The van der Waals surface area contributed by atoms with Crippen molar-refractivity contribution in [2.24, 2.45) is 0 Å². The molecule has 1 aromatic rings. The Bertz CT molecular complexity index is 863. The first-order valence-corrected chi connectivity index (χ1v) is 11.3. The van der Waals surface area contributed by atoms with Gasteiger partial charge in [0.15, 0.2) is 0 Å². The highest BCUT2D eigenvalue weighted by atomic mass is 127. The average molecular weight is 550 g/mol. The van der Waals surface area contributed by atoms with Crippen molar-refractivity contribution in [1.29, 1.82) is 0 Å². The van der Waals surface area contributed by atoms with Crippen LogP contribution in [0.25, 0.3) is 0 Å². The van der Waals surface area contributed by atoms with Crippen molar-refractivity contribution in [3.05, 3.63) is 39.5 Å². The van der Waals surface area contributed by atoms with Crippen molar-refractivity contribution in [1.82, 2.24) is 4.90 Å². The molecular weight excluding hydrogens is 524 g/mol. The first-order valence-electron chi connectivity index (χ1n) is 10.2. The Balaban J connectivity index is 1.77. The zero-order valence-corrected chi connectivity index (χ0v) is 19.9. The lowest BCUT2D eigenvalue weighted by Gasteiger charge is -2.37. The normalized spacial score (nSPS) is 21.1. The monoisotopic (exact) mass is 550 g/mol. The van der Waals surface area contributed by atoms with E-state index in [-0.39, 0.29) is 30.4 Å². The van der Waals surface area contributed by atoms with Gasteiger partial charge in [0.2, 0.25) is 0 Å². The third-order valence-corrected chi connectivity index (χ3v) is 6.33. The van der Waals surface area contributed by atoms with Gasteiger partial charge in [-0.15, -0.1) is 0 Å². The van der Waals surface area contributed by atoms with Crippen molar-refractivity contribution in [3.63, 3.8) is 0 Å². The summed E-state index contributed by atoms with van der Waals surface area (Å²) >= 11 is 1.93. The van der Waals surface area contributed by atoms with Gasteiger partial charge in [0.25, 0.3) is 0 Å². The van der Waals surface area contributed by atoms with Gasteiger partial charge < -0.3 is 9.64 Å². The number of fused-ring (bicyclic) bond motifs is 2. The topological polar surface area (TPSA) is 49.9 Å². The second-order valence-corrected chi connectivity index (χ2v) is 10.1. The molecule has 2 atom stereocenters. The summed E-state index contributed by atoms with van der Waals surface area (Å²) < 4.78 is 45.7. The molecule has 0 N–H and O–H groups in total.